The monoisotopic (exact) mass is 334 g/mol. The van der Waals surface area contributed by atoms with Crippen molar-refractivity contribution in [2.75, 3.05) is 19.5 Å². The Morgan fingerprint density at radius 1 is 1.21 bits per heavy atom. The first-order valence-corrected chi connectivity index (χ1v) is 7.14. The number of methoxy groups -OCH3 is 2. The average Bonchev–Trinajstić information content (AvgIpc) is 3.04. The molecule has 2 N–H and O–H groups in total. The summed E-state index contributed by atoms with van der Waals surface area (Å²) in [5.74, 6) is -1.21. The third-order valence-corrected chi connectivity index (χ3v) is 3.32. The lowest BCUT2D eigenvalue weighted by atomic mass is 10.1. The number of nitrogens with zero attached hydrogens (tertiary/aromatic N) is 1. The van der Waals surface area contributed by atoms with Gasteiger partial charge in [-0.05, 0) is 18.1 Å². The van der Waals surface area contributed by atoms with Gasteiger partial charge in [0.25, 0.3) is 5.91 Å². The number of anilines is 1. The Morgan fingerprint density at radius 3 is 2.42 bits per heavy atom. The first-order chi connectivity index (χ1) is 11.4. The predicted octanol–water partition coefficient (Wildman–Crippen LogP) is 2.77. The summed E-state index contributed by atoms with van der Waals surface area (Å²) in [5.41, 5.74) is 0.745. The molecular formula is C16H18N2O6. The largest absolute Gasteiger partial charge is 0.493 e. The molecule has 0 saturated carbocycles. The average molecular weight is 334 g/mol. The number of carbonyl (C=O) groups excluding carboxylic acids is 1. The maximum Gasteiger partial charge on any atom is 0.335 e. The molecule has 0 unspecified atom stereocenters. The number of hydrogen-bond donors (Lipinski definition) is 2. The van der Waals surface area contributed by atoms with Gasteiger partial charge in [0.15, 0.2) is 11.5 Å². The van der Waals surface area contributed by atoms with Crippen molar-refractivity contribution >= 4 is 17.6 Å². The van der Waals surface area contributed by atoms with Crippen molar-refractivity contribution in [3.8, 4) is 11.5 Å². The first-order valence-electron chi connectivity index (χ1n) is 7.14. The van der Waals surface area contributed by atoms with Gasteiger partial charge in [-0.15, -0.1) is 0 Å². The second-order valence-corrected chi connectivity index (χ2v) is 5.29. The highest BCUT2D eigenvalue weighted by atomic mass is 16.5. The van der Waals surface area contributed by atoms with Crippen LogP contribution in [0.15, 0.2) is 22.7 Å². The van der Waals surface area contributed by atoms with Crippen LogP contribution in [0.5, 0.6) is 11.5 Å². The van der Waals surface area contributed by atoms with E-state index in [0.29, 0.717) is 5.69 Å². The van der Waals surface area contributed by atoms with E-state index in [-0.39, 0.29) is 34.4 Å². The van der Waals surface area contributed by atoms with Crippen LogP contribution in [0.3, 0.4) is 0 Å². The molecule has 1 amide bonds. The lowest BCUT2D eigenvalue weighted by molar-refractivity contribution is 0.0696. The van der Waals surface area contributed by atoms with Crippen molar-refractivity contribution < 1.29 is 28.7 Å². The fourth-order valence-corrected chi connectivity index (χ4v) is 2.03. The molecule has 2 rings (SSSR count). The maximum atomic E-state index is 12.3. The van der Waals surface area contributed by atoms with E-state index in [1.54, 1.807) is 0 Å². The van der Waals surface area contributed by atoms with Crippen LogP contribution in [-0.2, 0) is 0 Å². The molecule has 2 aromatic rings. The molecule has 0 bridgehead atoms. The van der Waals surface area contributed by atoms with Gasteiger partial charge in [-0.25, -0.2) is 4.79 Å². The molecule has 0 aliphatic carbocycles. The van der Waals surface area contributed by atoms with Crippen molar-refractivity contribution in [2.45, 2.75) is 19.8 Å². The van der Waals surface area contributed by atoms with Gasteiger partial charge in [-0.3, -0.25) is 4.79 Å². The molecule has 0 radical (unpaired) electrons. The number of ether oxygens (including phenoxy) is 2. The van der Waals surface area contributed by atoms with Crippen LogP contribution < -0.4 is 14.8 Å². The Hall–Kier alpha value is -3.03. The van der Waals surface area contributed by atoms with Crippen LogP contribution in [-0.4, -0.2) is 36.4 Å². The number of benzene rings is 1. The third-order valence-electron chi connectivity index (χ3n) is 3.32. The molecule has 0 saturated heterocycles. The number of amides is 1. The number of hydrogen-bond acceptors (Lipinski definition) is 6. The van der Waals surface area contributed by atoms with Crippen LogP contribution in [0, 0.1) is 0 Å². The Kier molecular flexibility index (Phi) is 5.08. The van der Waals surface area contributed by atoms with E-state index in [9.17, 15) is 14.7 Å². The number of nitrogens with one attached hydrogen (secondary N) is 1. The highest BCUT2D eigenvalue weighted by Crippen LogP contribution is 2.37. The van der Waals surface area contributed by atoms with Crippen LogP contribution in [0.2, 0.25) is 0 Å². The van der Waals surface area contributed by atoms with E-state index in [4.69, 9.17) is 14.0 Å². The first kappa shape index (κ1) is 17.3. The van der Waals surface area contributed by atoms with Gasteiger partial charge >= 0.3 is 5.97 Å². The van der Waals surface area contributed by atoms with Gasteiger partial charge in [0, 0.05) is 6.07 Å². The molecule has 0 atom stereocenters. The van der Waals surface area contributed by atoms with Crippen molar-refractivity contribution in [1.82, 2.24) is 5.16 Å². The summed E-state index contributed by atoms with van der Waals surface area (Å²) in [6.07, 6.45) is 0. The Balaban J connectivity index is 2.37. The van der Waals surface area contributed by atoms with E-state index >= 15 is 0 Å². The highest BCUT2D eigenvalue weighted by molar-refractivity contribution is 6.04. The molecule has 0 spiro atoms. The molecule has 0 aliphatic heterocycles. The van der Waals surface area contributed by atoms with Crippen LogP contribution in [0.4, 0.5) is 5.69 Å². The molecule has 8 nitrogen and oxygen atoms in total. The third kappa shape index (κ3) is 3.48. The number of carbonyl (C=O) groups is 2. The minimum atomic E-state index is -1.16. The van der Waals surface area contributed by atoms with E-state index < -0.39 is 11.9 Å². The summed E-state index contributed by atoms with van der Waals surface area (Å²) in [5, 5.41) is 15.5. The maximum absolute atomic E-state index is 12.3. The van der Waals surface area contributed by atoms with Crippen LogP contribution >= 0.6 is 0 Å². The quantitative estimate of drug-likeness (QED) is 0.835. The predicted molar refractivity (Wildman–Crippen MR) is 85.1 cm³/mol. The van der Waals surface area contributed by atoms with Gasteiger partial charge in [0.2, 0.25) is 5.76 Å². The minimum Gasteiger partial charge on any atom is -0.493 e. The lowest BCUT2D eigenvalue weighted by Crippen LogP contribution is -2.13. The van der Waals surface area contributed by atoms with Gasteiger partial charge in [-0.1, -0.05) is 19.0 Å². The molecule has 1 aromatic heterocycles. The second-order valence-electron chi connectivity index (χ2n) is 5.29. The van der Waals surface area contributed by atoms with Crippen LogP contribution in [0.1, 0.15) is 46.4 Å². The molecule has 8 heteroatoms. The standard InChI is InChI=1S/C16H18N2O6/c1-8(2)10-7-13(24-18-10)15(19)17-11-5-9(16(20)21)6-12(22-3)14(11)23-4/h5-8H,1-4H3,(H,17,19)(H,20,21). The fourth-order valence-electron chi connectivity index (χ4n) is 2.03. The summed E-state index contributed by atoms with van der Waals surface area (Å²) >= 11 is 0. The molecule has 1 heterocycles. The normalized spacial score (nSPS) is 10.5. The Morgan fingerprint density at radius 2 is 1.92 bits per heavy atom. The second kappa shape index (κ2) is 7.03. The molecule has 24 heavy (non-hydrogen) atoms. The molecule has 128 valence electrons. The molecule has 1 aromatic carbocycles. The van der Waals surface area contributed by atoms with Crippen LogP contribution in [0.25, 0.3) is 0 Å². The van der Waals surface area contributed by atoms with E-state index in [1.165, 1.54) is 32.4 Å². The van der Waals surface area contributed by atoms with Crippen molar-refractivity contribution in [2.24, 2.45) is 0 Å². The molecular weight excluding hydrogens is 316 g/mol. The van der Waals surface area contributed by atoms with Crippen molar-refractivity contribution in [3.05, 3.63) is 35.2 Å². The van der Waals surface area contributed by atoms with Crippen molar-refractivity contribution in [3.63, 3.8) is 0 Å². The van der Waals surface area contributed by atoms with Gasteiger partial charge in [0.1, 0.15) is 0 Å². The number of rotatable bonds is 6. The zero-order valence-electron chi connectivity index (χ0n) is 13.7. The minimum absolute atomic E-state index is 0.0143. The topological polar surface area (TPSA) is 111 Å². The number of aromatic nitrogens is 1. The SMILES string of the molecule is COc1cc(C(=O)O)cc(NC(=O)c2cc(C(C)C)no2)c1OC. The number of carboxylic acid groups (broad SMARTS) is 1. The lowest BCUT2D eigenvalue weighted by Gasteiger charge is -2.14. The summed E-state index contributed by atoms with van der Waals surface area (Å²) in [6.45, 7) is 3.84. The van der Waals surface area contributed by atoms with Gasteiger partial charge in [-0.2, -0.15) is 0 Å². The smallest absolute Gasteiger partial charge is 0.335 e. The fraction of sp³-hybridized carbons (Fsp3) is 0.312. The zero-order chi connectivity index (χ0) is 17.9. The highest BCUT2D eigenvalue weighted by Gasteiger charge is 2.20. The summed E-state index contributed by atoms with van der Waals surface area (Å²) in [7, 11) is 2.76. The Bertz CT molecular complexity index is 766. The van der Waals surface area contributed by atoms with E-state index in [2.05, 4.69) is 10.5 Å². The Labute approximate surface area is 138 Å². The molecule has 0 fully saturated rings. The summed E-state index contributed by atoms with van der Waals surface area (Å²) < 4.78 is 15.3. The van der Waals surface area contributed by atoms with Gasteiger partial charge < -0.3 is 24.4 Å². The van der Waals surface area contributed by atoms with E-state index in [1.807, 2.05) is 13.8 Å². The van der Waals surface area contributed by atoms with E-state index in [0.717, 1.165) is 0 Å². The number of carboxylic acids is 1. The zero-order valence-corrected chi connectivity index (χ0v) is 13.7. The molecule has 0 aliphatic rings. The summed E-state index contributed by atoms with van der Waals surface area (Å²) in [6, 6.07) is 4.12. The summed E-state index contributed by atoms with van der Waals surface area (Å²) in [4.78, 5) is 23.5. The van der Waals surface area contributed by atoms with Crippen molar-refractivity contribution in [1.29, 1.82) is 0 Å². The number of aromatic carboxylic acids is 1. The van der Waals surface area contributed by atoms with Gasteiger partial charge in [0.05, 0.1) is 31.2 Å².